The largest absolute Gasteiger partial charge is 0.490 e. The Hall–Kier alpha value is -2.09. The van der Waals surface area contributed by atoms with Crippen LogP contribution in [0.1, 0.15) is 25.7 Å². The molecule has 0 aromatic carbocycles. The highest BCUT2D eigenvalue weighted by Crippen LogP contribution is 2.13. The maximum Gasteiger partial charge on any atom is 0.490 e. The third-order valence-corrected chi connectivity index (χ3v) is 2.95. The van der Waals surface area contributed by atoms with Crippen LogP contribution in [0.5, 0.6) is 0 Å². The lowest BCUT2D eigenvalue weighted by Gasteiger charge is -2.28. The molecule has 6 N–H and O–H groups in total. The number of hydrogen-bond acceptors (Lipinski definition) is 5. The first kappa shape index (κ1) is 27.1. The van der Waals surface area contributed by atoms with Crippen molar-refractivity contribution in [3.05, 3.63) is 0 Å². The van der Waals surface area contributed by atoms with E-state index in [4.69, 9.17) is 31.3 Å². The number of amides is 1. The summed E-state index contributed by atoms with van der Waals surface area (Å²) in [5.74, 6) is -5.44. The number of nitrogens with zero attached hydrogens (tertiary/aromatic N) is 1. The van der Waals surface area contributed by atoms with Gasteiger partial charge in [-0.15, -0.1) is 0 Å². The molecule has 8 nitrogen and oxygen atoms in total. The van der Waals surface area contributed by atoms with E-state index in [1.165, 1.54) is 6.42 Å². The molecule has 1 rings (SSSR count). The Labute approximate surface area is 150 Å². The van der Waals surface area contributed by atoms with Crippen LogP contribution >= 0.6 is 0 Å². The number of carboxylic acids is 2. The molecule has 0 aliphatic carbocycles. The second kappa shape index (κ2) is 12.3. The Morgan fingerprint density at radius 2 is 1.22 bits per heavy atom. The molecule has 1 atom stereocenters. The summed E-state index contributed by atoms with van der Waals surface area (Å²) in [4.78, 5) is 31.3. The highest BCUT2D eigenvalue weighted by Gasteiger charge is 2.38. The van der Waals surface area contributed by atoms with Crippen molar-refractivity contribution < 1.29 is 50.9 Å². The lowest BCUT2D eigenvalue weighted by Crippen LogP contribution is -2.46. The number of hydrogen-bond donors (Lipinski definition) is 4. The number of likely N-dealkylation sites (tertiary alicyclic amines) is 1. The van der Waals surface area contributed by atoms with E-state index in [0.717, 1.165) is 25.9 Å². The van der Waals surface area contributed by atoms with Gasteiger partial charge in [0.2, 0.25) is 5.91 Å². The predicted octanol–water partition coefficient (Wildman–Crippen LogP) is 0.942. The third kappa shape index (κ3) is 13.7. The molecule has 1 heterocycles. The molecule has 1 aliphatic rings. The summed E-state index contributed by atoms with van der Waals surface area (Å²) in [6.07, 6.45) is -6.12. The number of halogens is 6. The molecule has 0 aromatic heterocycles. The van der Waals surface area contributed by atoms with Gasteiger partial charge >= 0.3 is 24.3 Å². The standard InChI is InChI=1S/C9H19N3O.2C2HF3O2/c10-5-4-8(11)9(13)12-6-2-1-3-7-12;2*3-2(4,5)1(6)7/h8H,1-7,10-11H2;2*(H,6,7). The van der Waals surface area contributed by atoms with Gasteiger partial charge in [-0.2, -0.15) is 26.3 Å². The van der Waals surface area contributed by atoms with Gasteiger partial charge in [0.05, 0.1) is 6.04 Å². The molecule has 1 fully saturated rings. The fourth-order valence-electron chi connectivity index (χ4n) is 1.65. The SMILES string of the molecule is NCCC(N)C(=O)N1CCCCC1.O=C(O)C(F)(F)F.O=C(O)C(F)(F)F. The minimum absolute atomic E-state index is 0.0742. The minimum atomic E-state index is -5.08. The van der Waals surface area contributed by atoms with E-state index < -0.39 is 24.3 Å². The molecular weight excluding hydrogens is 392 g/mol. The summed E-state index contributed by atoms with van der Waals surface area (Å²) < 4.78 is 63.5. The zero-order valence-corrected chi connectivity index (χ0v) is 14.0. The van der Waals surface area contributed by atoms with Crippen molar-refractivity contribution in [2.75, 3.05) is 19.6 Å². The Morgan fingerprint density at radius 1 is 0.889 bits per heavy atom. The zero-order chi connectivity index (χ0) is 21.8. The Morgan fingerprint density at radius 3 is 1.48 bits per heavy atom. The quantitative estimate of drug-likeness (QED) is 0.504. The van der Waals surface area contributed by atoms with Crippen molar-refractivity contribution in [2.24, 2.45) is 11.5 Å². The molecule has 14 heteroatoms. The van der Waals surface area contributed by atoms with Gasteiger partial charge in [-0.1, -0.05) is 0 Å². The average molecular weight is 413 g/mol. The Balaban J connectivity index is 0. The van der Waals surface area contributed by atoms with E-state index in [-0.39, 0.29) is 11.9 Å². The van der Waals surface area contributed by atoms with Crippen LogP contribution < -0.4 is 11.5 Å². The van der Waals surface area contributed by atoms with Crippen LogP contribution in [0.3, 0.4) is 0 Å². The number of alkyl halides is 6. The van der Waals surface area contributed by atoms with Crippen molar-refractivity contribution in [3.8, 4) is 0 Å². The molecule has 0 bridgehead atoms. The second-order valence-corrected chi connectivity index (χ2v) is 5.18. The number of rotatable bonds is 3. The van der Waals surface area contributed by atoms with Gasteiger partial charge in [0, 0.05) is 13.1 Å². The number of aliphatic carboxylic acids is 2. The van der Waals surface area contributed by atoms with E-state index >= 15 is 0 Å². The van der Waals surface area contributed by atoms with Crippen LogP contribution in [0.15, 0.2) is 0 Å². The first-order valence-electron chi connectivity index (χ1n) is 7.49. The molecular formula is C13H21F6N3O5. The second-order valence-electron chi connectivity index (χ2n) is 5.18. The smallest absolute Gasteiger partial charge is 0.475 e. The Bertz CT molecular complexity index is 454. The van der Waals surface area contributed by atoms with Gasteiger partial charge in [0.15, 0.2) is 0 Å². The van der Waals surface area contributed by atoms with Crippen LogP contribution in [0.25, 0.3) is 0 Å². The van der Waals surface area contributed by atoms with Gasteiger partial charge in [0.1, 0.15) is 0 Å². The third-order valence-electron chi connectivity index (χ3n) is 2.95. The van der Waals surface area contributed by atoms with E-state index in [1.54, 1.807) is 0 Å². The highest BCUT2D eigenvalue weighted by atomic mass is 19.4. The number of carboxylic acid groups (broad SMARTS) is 2. The normalized spacial score (nSPS) is 15.5. The fraction of sp³-hybridized carbons (Fsp3) is 0.769. The highest BCUT2D eigenvalue weighted by molar-refractivity contribution is 5.81. The van der Waals surface area contributed by atoms with Gasteiger partial charge < -0.3 is 26.6 Å². The molecule has 1 amide bonds. The molecule has 0 aromatic rings. The summed E-state index contributed by atoms with van der Waals surface area (Å²) in [6, 6.07) is -0.386. The fourth-order valence-corrected chi connectivity index (χ4v) is 1.65. The first-order valence-corrected chi connectivity index (χ1v) is 7.49. The van der Waals surface area contributed by atoms with E-state index in [2.05, 4.69) is 0 Å². The summed E-state index contributed by atoms with van der Waals surface area (Å²) in [5, 5.41) is 14.2. The molecule has 27 heavy (non-hydrogen) atoms. The van der Waals surface area contributed by atoms with Crippen molar-refractivity contribution in [1.82, 2.24) is 4.90 Å². The van der Waals surface area contributed by atoms with Crippen LogP contribution in [0.4, 0.5) is 26.3 Å². The molecule has 1 aliphatic heterocycles. The van der Waals surface area contributed by atoms with E-state index in [9.17, 15) is 31.1 Å². The van der Waals surface area contributed by atoms with E-state index in [1.807, 2.05) is 4.90 Å². The number of carbonyl (C=O) groups is 3. The van der Waals surface area contributed by atoms with Crippen molar-refractivity contribution in [2.45, 2.75) is 44.1 Å². The van der Waals surface area contributed by atoms with E-state index in [0.29, 0.717) is 13.0 Å². The molecule has 1 saturated heterocycles. The molecule has 1 unspecified atom stereocenters. The molecule has 0 radical (unpaired) electrons. The summed E-state index contributed by atoms with van der Waals surface area (Å²) in [5.41, 5.74) is 11.0. The average Bonchev–Trinajstić information content (AvgIpc) is 2.54. The van der Waals surface area contributed by atoms with Crippen molar-refractivity contribution >= 4 is 17.8 Å². The molecule has 0 saturated carbocycles. The summed E-state index contributed by atoms with van der Waals surface area (Å²) in [6.45, 7) is 2.23. The maximum absolute atomic E-state index is 11.6. The lowest BCUT2D eigenvalue weighted by molar-refractivity contribution is -0.193. The maximum atomic E-state index is 11.6. The van der Waals surface area contributed by atoms with Crippen molar-refractivity contribution in [3.63, 3.8) is 0 Å². The van der Waals surface area contributed by atoms with Gasteiger partial charge in [-0.25, -0.2) is 9.59 Å². The van der Waals surface area contributed by atoms with Crippen LogP contribution in [0.2, 0.25) is 0 Å². The first-order chi connectivity index (χ1) is 12.1. The van der Waals surface area contributed by atoms with Crippen molar-refractivity contribution in [1.29, 1.82) is 0 Å². The zero-order valence-electron chi connectivity index (χ0n) is 14.0. The minimum Gasteiger partial charge on any atom is -0.475 e. The topological polar surface area (TPSA) is 147 Å². The predicted molar refractivity (Wildman–Crippen MR) is 79.5 cm³/mol. The van der Waals surface area contributed by atoms with Crippen LogP contribution in [-0.2, 0) is 14.4 Å². The van der Waals surface area contributed by atoms with Gasteiger partial charge in [-0.05, 0) is 32.2 Å². The lowest BCUT2D eigenvalue weighted by atomic mass is 10.1. The summed E-state index contributed by atoms with van der Waals surface area (Å²) in [7, 11) is 0. The monoisotopic (exact) mass is 413 g/mol. The van der Waals surface area contributed by atoms with Crippen LogP contribution in [-0.4, -0.2) is 71.0 Å². The number of nitrogens with two attached hydrogens (primary N) is 2. The number of piperidine rings is 1. The number of carbonyl (C=O) groups excluding carboxylic acids is 1. The molecule has 0 spiro atoms. The van der Waals surface area contributed by atoms with Crippen LogP contribution in [0, 0.1) is 0 Å². The molecule has 160 valence electrons. The Kier molecular flexibility index (Phi) is 12.4. The summed E-state index contributed by atoms with van der Waals surface area (Å²) >= 11 is 0. The van der Waals surface area contributed by atoms with Gasteiger partial charge in [0.25, 0.3) is 0 Å². The van der Waals surface area contributed by atoms with Gasteiger partial charge in [-0.3, -0.25) is 4.79 Å².